The number of fused-ring (bicyclic) bond motifs is 1. The molecule has 0 aliphatic carbocycles. The van der Waals surface area contributed by atoms with Crippen LogP contribution in [0.25, 0.3) is 0 Å². The first-order valence-electron chi connectivity index (χ1n) is 6.05. The summed E-state index contributed by atoms with van der Waals surface area (Å²) < 4.78 is 4.98. The minimum absolute atomic E-state index is 0.0560. The maximum atomic E-state index is 12.5. The number of anilines is 1. The zero-order chi connectivity index (χ0) is 15.0. The molecule has 1 amide bonds. The molecule has 1 aromatic carbocycles. The molecule has 21 heavy (non-hydrogen) atoms. The van der Waals surface area contributed by atoms with Crippen LogP contribution in [0.15, 0.2) is 39.6 Å². The van der Waals surface area contributed by atoms with Crippen LogP contribution >= 0.6 is 23.4 Å². The monoisotopic (exact) mass is 324 g/mol. The van der Waals surface area contributed by atoms with Crippen LogP contribution in [0.1, 0.15) is 10.6 Å². The standard InChI is InChI=1S/C13H9ClN2O4S/c14-8-1-3-11-9(7-8)15(5-6-21-11)13(17)10-2-4-12(20-10)16(18)19/h1-4,7H,5-6H2. The zero-order valence-electron chi connectivity index (χ0n) is 10.6. The second-order valence-corrected chi connectivity index (χ2v) is 5.89. The van der Waals surface area contributed by atoms with Crippen molar-refractivity contribution in [3.63, 3.8) is 0 Å². The maximum Gasteiger partial charge on any atom is 0.433 e. The van der Waals surface area contributed by atoms with Crippen LogP contribution in [0, 0.1) is 10.1 Å². The first kappa shape index (κ1) is 14.0. The number of carbonyl (C=O) groups excluding carboxylic acids is 1. The summed E-state index contributed by atoms with van der Waals surface area (Å²) in [4.78, 5) is 24.9. The lowest BCUT2D eigenvalue weighted by molar-refractivity contribution is -0.402. The van der Waals surface area contributed by atoms with E-state index in [0.29, 0.717) is 17.3 Å². The average Bonchev–Trinajstić information content (AvgIpc) is 2.96. The number of hydrogen-bond donors (Lipinski definition) is 0. The number of nitro groups is 1. The predicted octanol–water partition coefficient (Wildman–Crippen LogP) is 3.59. The smallest absolute Gasteiger partial charge is 0.395 e. The van der Waals surface area contributed by atoms with Crippen LogP contribution in [0.5, 0.6) is 0 Å². The van der Waals surface area contributed by atoms with E-state index in [1.54, 1.807) is 23.9 Å². The zero-order valence-corrected chi connectivity index (χ0v) is 12.2. The van der Waals surface area contributed by atoms with Crippen LogP contribution in [0.2, 0.25) is 5.02 Å². The number of nitrogens with zero attached hydrogens (tertiary/aromatic N) is 2. The molecule has 0 unspecified atom stereocenters. The summed E-state index contributed by atoms with van der Waals surface area (Å²) in [7, 11) is 0. The lowest BCUT2D eigenvalue weighted by Crippen LogP contribution is -2.35. The lowest BCUT2D eigenvalue weighted by Gasteiger charge is -2.28. The van der Waals surface area contributed by atoms with E-state index >= 15 is 0 Å². The van der Waals surface area contributed by atoms with Crippen molar-refractivity contribution in [3.05, 3.63) is 51.2 Å². The molecule has 0 N–H and O–H groups in total. The summed E-state index contributed by atoms with van der Waals surface area (Å²) in [5, 5.41) is 11.1. The van der Waals surface area contributed by atoms with E-state index in [9.17, 15) is 14.9 Å². The van der Waals surface area contributed by atoms with Crippen LogP contribution in [0.3, 0.4) is 0 Å². The Bertz CT molecular complexity index is 731. The minimum Gasteiger partial charge on any atom is -0.395 e. The Morgan fingerprint density at radius 1 is 1.38 bits per heavy atom. The molecule has 6 nitrogen and oxygen atoms in total. The quantitative estimate of drug-likeness (QED) is 0.623. The average molecular weight is 325 g/mol. The Morgan fingerprint density at radius 2 is 2.19 bits per heavy atom. The topological polar surface area (TPSA) is 76.6 Å². The van der Waals surface area contributed by atoms with Gasteiger partial charge in [-0.2, -0.15) is 0 Å². The number of benzene rings is 1. The van der Waals surface area contributed by atoms with E-state index in [1.165, 1.54) is 17.0 Å². The van der Waals surface area contributed by atoms with E-state index in [4.69, 9.17) is 16.0 Å². The highest BCUT2D eigenvalue weighted by Crippen LogP contribution is 2.37. The van der Waals surface area contributed by atoms with Gasteiger partial charge in [0.1, 0.15) is 4.92 Å². The predicted molar refractivity (Wildman–Crippen MR) is 79.2 cm³/mol. The van der Waals surface area contributed by atoms with E-state index < -0.39 is 16.7 Å². The normalized spacial score (nSPS) is 13.9. The van der Waals surface area contributed by atoms with Crippen LogP contribution < -0.4 is 4.90 Å². The van der Waals surface area contributed by atoms with Gasteiger partial charge in [-0.05, 0) is 24.3 Å². The van der Waals surface area contributed by atoms with Crippen molar-refractivity contribution in [2.24, 2.45) is 0 Å². The van der Waals surface area contributed by atoms with Crippen molar-refractivity contribution < 1.29 is 14.1 Å². The van der Waals surface area contributed by atoms with Crippen molar-refractivity contribution in [2.75, 3.05) is 17.2 Å². The molecule has 108 valence electrons. The van der Waals surface area contributed by atoms with Gasteiger partial charge in [0.2, 0.25) is 0 Å². The number of furan rings is 1. The van der Waals surface area contributed by atoms with Gasteiger partial charge in [0.05, 0.1) is 11.8 Å². The number of rotatable bonds is 2. The molecule has 1 aliphatic heterocycles. The van der Waals surface area contributed by atoms with Crippen molar-refractivity contribution in [2.45, 2.75) is 4.90 Å². The first-order chi connectivity index (χ1) is 10.1. The molecule has 2 aromatic rings. The summed E-state index contributed by atoms with van der Waals surface area (Å²) >= 11 is 7.61. The molecule has 0 atom stereocenters. The van der Waals surface area contributed by atoms with Crippen LogP contribution in [-0.4, -0.2) is 23.1 Å². The molecule has 0 saturated heterocycles. The second kappa shape index (κ2) is 5.42. The lowest BCUT2D eigenvalue weighted by atomic mass is 10.2. The Hall–Kier alpha value is -1.99. The number of amides is 1. The molecule has 0 radical (unpaired) electrons. The Balaban J connectivity index is 1.95. The molecule has 0 bridgehead atoms. The summed E-state index contributed by atoms with van der Waals surface area (Å²) in [5.74, 6) is -0.175. The summed E-state index contributed by atoms with van der Waals surface area (Å²) in [6, 6.07) is 7.81. The van der Waals surface area contributed by atoms with Gasteiger partial charge in [0, 0.05) is 22.2 Å². The molecule has 8 heteroatoms. The van der Waals surface area contributed by atoms with Gasteiger partial charge in [-0.25, -0.2) is 0 Å². The number of carbonyl (C=O) groups is 1. The van der Waals surface area contributed by atoms with Crippen LogP contribution in [-0.2, 0) is 0 Å². The summed E-state index contributed by atoms with van der Waals surface area (Å²) in [6.45, 7) is 0.491. The van der Waals surface area contributed by atoms with Gasteiger partial charge in [0.25, 0.3) is 5.91 Å². The van der Waals surface area contributed by atoms with Crippen molar-refractivity contribution in [3.8, 4) is 0 Å². The third-order valence-corrected chi connectivity index (χ3v) is 4.29. The Labute approximate surface area is 128 Å². The van der Waals surface area contributed by atoms with Crippen molar-refractivity contribution >= 4 is 40.8 Å². The molecule has 3 rings (SSSR count). The molecule has 1 aromatic heterocycles. The third kappa shape index (κ3) is 2.62. The Morgan fingerprint density at radius 3 is 2.90 bits per heavy atom. The second-order valence-electron chi connectivity index (χ2n) is 4.31. The minimum atomic E-state index is -0.673. The molecule has 0 spiro atoms. The van der Waals surface area contributed by atoms with Gasteiger partial charge in [-0.3, -0.25) is 14.9 Å². The Kier molecular flexibility index (Phi) is 3.60. The highest BCUT2D eigenvalue weighted by Gasteiger charge is 2.27. The van der Waals surface area contributed by atoms with Gasteiger partial charge < -0.3 is 9.32 Å². The van der Waals surface area contributed by atoms with Gasteiger partial charge in [-0.15, -0.1) is 11.8 Å². The SMILES string of the molecule is O=C(c1ccc([N+](=O)[O-])o1)N1CCSc2ccc(Cl)cc21. The molecule has 0 fully saturated rings. The van der Waals surface area contributed by atoms with Gasteiger partial charge >= 0.3 is 5.88 Å². The van der Waals surface area contributed by atoms with E-state index in [0.717, 1.165) is 10.6 Å². The van der Waals surface area contributed by atoms with E-state index in [2.05, 4.69) is 0 Å². The fourth-order valence-electron chi connectivity index (χ4n) is 2.08. The van der Waals surface area contributed by atoms with Crippen LogP contribution in [0.4, 0.5) is 11.6 Å². The van der Waals surface area contributed by atoms with E-state index in [1.807, 2.05) is 6.07 Å². The number of halogens is 1. The number of thioether (sulfide) groups is 1. The largest absolute Gasteiger partial charge is 0.433 e. The molecule has 1 aliphatic rings. The van der Waals surface area contributed by atoms with Crippen molar-refractivity contribution in [1.29, 1.82) is 0 Å². The molecule has 2 heterocycles. The maximum absolute atomic E-state index is 12.5. The molecule has 0 saturated carbocycles. The first-order valence-corrected chi connectivity index (χ1v) is 7.41. The summed E-state index contributed by atoms with van der Waals surface area (Å²) in [5.41, 5.74) is 0.697. The fourth-order valence-corrected chi connectivity index (χ4v) is 3.22. The molecular formula is C13H9ClN2O4S. The highest BCUT2D eigenvalue weighted by molar-refractivity contribution is 7.99. The molecular weight excluding hydrogens is 316 g/mol. The van der Waals surface area contributed by atoms with Gasteiger partial charge in [-0.1, -0.05) is 11.6 Å². The summed E-state index contributed by atoms with van der Waals surface area (Å²) in [6.07, 6.45) is 0. The van der Waals surface area contributed by atoms with Gasteiger partial charge in [0.15, 0.2) is 5.76 Å². The van der Waals surface area contributed by atoms with E-state index in [-0.39, 0.29) is 5.76 Å². The fraction of sp³-hybridized carbons (Fsp3) is 0.154. The third-order valence-electron chi connectivity index (χ3n) is 3.01. The highest BCUT2D eigenvalue weighted by atomic mass is 35.5. The van der Waals surface area contributed by atoms with Crippen molar-refractivity contribution in [1.82, 2.24) is 0 Å². The number of hydrogen-bond acceptors (Lipinski definition) is 5.